The zero-order chi connectivity index (χ0) is 15.8. The van der Waals surface area contributed by atoms with Gasteiger partial charge in [-0.05, 0) is 41.3 Å². The SMILES string of the molecule is Cl.NC(CCCCOB(O)O)c1nnnn1Cc1cccnc1. The van der Waals surface area contributed by atoms with Crippen LogP contribution in [0.5, 0.6) is 0 Å². The number of aromatic nitrogens is 5. The van der Waals surface area contributed by atoms with E-state index in [0.29, 0.717) is 25.2 Å². The Labute approximate surface area is 140 Å². The summed E-state index contributed by atoms with van der Waals surface area (Å²) in [6.45, 7) is 0.786. The fourth-order valence-electron chi connectivity index (χ4n) is 2.04. The molecule has 0 amide bonds. The van der Waals surface area contributed by atoms with Gasteiger partial charge in [0.1, 0.15) is 0 Å². The first-order chi connectivity index (χ1) is 10.7. The molecule has 0 spiro atoms. The largest absolute Gasteiger partial charge is 0.633 e. The lowest BCUT2D eigenvalue weighted by Gasteiger charge is -2.11. The summed E-state index contributed by atoms with van der Waals surface area (Å²) in [5.74, 6) is 0.618. The van der Waals surface area contributed by atoms with Gasteiger partial charge in [-0.1, -0.05) is 6.07 Å². The van der Waals surface area contributed by atoms with E-state index in [1.807, 2.05) is 12.1 Å². The van der Waals surface area contributed by atoms with Crippen LogP contribution >= 0.6 is 12.4 Å². The predicted molar refractivity (Wildman–Crippen MR) is 85.3 cm³/mol. The van der Waals surface area contributed by atoms with E-state index in [1.165, 1.54) is 0 Å². The average molecular weight is 343 g/mol. The van der Waals surface area contributed by atoms with Crippen molar-refractivity contribution in [2.75, 3.05) is 6.61 Å². The molecule has 0 saturated carbocycles. The lowest BCUT2D eigenvalue weighted by Crippen LogP contribution is -2.19. The van der Waals surface area contributed by atoms with Crippen molar-refractivity contribution in [1.29, 1.82) is 0 Å². The van der Waals surface area contributed by atoms with Gasteiger partial charge in [0.15, 0.2) is 5.82 Å². The molecule has 2 aromatic rings. The number of nitrogens with zero attached hydrogens (tertiary/aromatic N) is 5. The summed E-state index contributed by atoms with van der Waals surface area (Å²) in [7, 11) is -1.72. The van der Waals surface area contributed by atoms with Crippen LogP contribution in [-0.4, -0.2) is 49.2 Å². The Bertz CT molecular complexity index is 559. The van der Waals surface area contributed by atoms with Crippen LogP contribution in [-0.2, 0) is 11.2 Å². The lowest BCUT2D eigenvalue weighted by atomic mass is 10.1. The number of halogens is 1. The molecule has 0 aromatic carbocycles. The Kier molecular flexibility index (Phi) is 8.66. The van der Waals surface area contributed by atoms with Crippen molar-refractivity contribution in [3.05, 3.63) is 35.9 Å². The Hall–Kier alpha value is -1.59. The third kappa shape index (κ3) is 6.59. The molecule has 0 bridgehead atoms. The Morgan fingerprint density at radius 3 is 2.87 bits per heavy atom. The standard InChI is InChI=1S/C12H19BN6O3.ClH/c14-11(5-1-2-7-22-13(20)21)12-16-17-18-19(12)9-10-4-3-6-15-8-10;/h3-4,6,8,11,20-21H,1-2,5,7,9,14H2;1H. The van der Waals surface area contributed by atoms with E-state index < -0.39 is 7.32 Å². The molecule has 2 heterocycles. The van der Waals surface area contributed by atoms with Crippen LogP contribution in [0.25, 0.3) is 0 Å². The van der Waals surface area contributed by atoms with Crippen molar-refractivity contribution in [3.8, 4) is 0 Å². The molecule has 0 radical (unpaired) electrons. The fourth-order valence-corrected chi connectivity index (χ4v) is 2.04. The van der Waals surface area contributed by atoms with Crippen LogP contribution in [0.1, 0.15) is 36.7 Å². The normalized spacial score (nSPS) is 11.8. The first kappa shape index (κ1) is 19.5. The number of hydrogen-bond donors (Lipinski definition) is 3. The molecular weight excluding hydrogens is 322 g/mol. The van der Waals surface area contributed by atoms with E-state index in [9.17, 15) is 0 Å². The number of nitrogens with two attached hydrogens (primary N) is 1. The van der Waals surface area contributed by atoms with Crippen LogP contribution < -0.4 is 5.73 Å². The van der Waals surface area contributed by atoms with Gasteiger partial charge in [0, 0.05) is 19.0 Å². The van der Waals surface area contributed by atoms with Crippen molar-refractivity contribution in [2.24, 2.45) is 5.73 Å². The molecule has 0 aliphatic heterocycles. The highest BCUT2D eigenvalue weighted by Crippen LogP contribution is 2.14. The second-order valence-corrected chi connectivity index (χ2v) is 4.86. The van der Waals surface area contributed by atoms with E-state index in [1.54, 1.807) is 17.1 Å². The summed E-state index contributed by atoms with van der Waals surface area (Å²) in [5, 5.41) is 28.7. The first-order valence-electron chi connectivity index (χ1n) is 7.05. The molecular formula is C12H20BClN6O3. The maximum absolute atomic E-state index is 8.56. The summed E-state index contributed by atoms with van der Waals surface area (Å²) in [5.41, 5.74) is 7.11. The molecule has 11 heteroatoms. The number of hydrogen-bond acceptors (Lipinski definition) is 8. The molecule has 9 nitrogen and oxygen atoms in total. The second-order valence-electron chi connectivity index (χ2n) is 4.86. The van der Waals surface area contributed by atoms with E-state index >= 15 is 0 Å². The highest BCUT2D eigenvalue weighted by Gasteiger charge is 2.15. The zero-order valence-corrected chi connectivity index (χ0v) is 13.3. The summed E-state index contributed by atoms with van der Waals surface area (Å²) in [6.07, 6.45) is 5.59. The average Bonchev–Trinajstić information content (AvgIpc) is 2.95. The maximum atomic E-state index is 8.56. The minimum atomic E-state index is -1.72. The van der Waals surface area contributed by atoms with Gasteiger partial charge in [0.2, 0.25) is 0 Å². The molecule has 126 valence electrons. The topological polar surface area (TPSA) is 132 Å². The van der Waals surface area contributed by atoms with Crippen molar-refractivity contribution < 1.29 is 14.7 Å². The molecule has 4 N–H and O–H groups in total. The number of pyridine rings is 1. The molecule has 2 rings (SSSR count). The molecule has 0 aliphatic carbocycles. The smallest absolute Gasteiger partial charge is 0.402 e. The van der Waals surface area contributed by atoms with E-state index in [4.69, 9.17) is 15.8 Å². The summed E-state index contributed by atoms with van der Waals surface area (Å²) >= 11 is 0. The highest BCUT2D eigenvalue weighted by atomic mass is 35.5. The quantitative estimate of drug-likeness (QED) is 0.418. The minimum Gasteiger partial charge on any atom is -0.402 e. The lowest BCUT2D eigenvalue weighted by molar-refractivity contribution is 0.181. The maximum Gasteiger partial charge on any atom is 0.633 e. The number of unbranched alkanes of at least 4 members (excludes halogenated alkanes) is 1. The van der Waals surface area contributed by atoms with E-state index in [0.717, 1.165) is 12.0 Å². The molecule has 2 aromatic heterocycles. The van der Waals surface area contributed by atoms with Gasteiger partial charge in [-0.2, -0.15) is 0 Å². The highest BCUT2D eigenvalue weighted by molar-refractivity contribution is 6.32. The van der Waals surface area contributed by atoms with Crippen molar-refractivity contribution in [3.63, 3.8) is 0 Å². The molecule has 0 aliphatic rings. The Morgan fingerprint density at radius 2 is 2.17 bits per heavy atom. The van der Waals surface area contributed by atoms with Crippen LogP contribution in [0.2, 0.25) is 0 Å². The molecule has 1 atom stereocenters. The molecule has 1 unspecified atom stereocenters. The minimum absolute atomic E-state index is 0. The third-order valence-corrected chi connectivity index (χ3v) is 3.12. The van der Waals surface area contributed by atoms with Crippen LogP contribution in [0.4, 0.5) is 0 Å². The van der Waals surface area contributed by atoms with E-state index in [2.05, 4.69) is 25.2 Å². The van der Waals surface area contributed by atoms with Crippen molar-refractivity contribution in [2.45, 2.75) is 31.8 Å². The van der Waals surface area contributed by atoms with Crippen LogP contribution in [0.3, 0.4) is 0 Å². The van der Waals surface area contributed by atoms with Gasteiger partial charge in [0.25, 0.3) is 0 Å². The molecule has 23 heavy (non-hydrogen) atoms. The number of rotatable bonds is 9. The summed E-state index contributed by atoms with van der Waals surface area (Å²) in [4.78, 5) is 4.06. The molecule has 0 fully saturated rings. The van der Waals surface area contributed by atoms with Gasteiger partial charge in [-0.25, -0.2) is 4.68 Å². The first-order valence-corrected chi connectivity index (χ1v) is 7.05. The van der Waals surface area contributed by atoms with Crippen molar-refractivity contribution in [1.82, 2.24) is 25.2 Å². The fraction of sp³-hybridized carbons (Fsp3) is 0.500. The van der Waals surface area contributed by atoms with Crippen LogP contribution in [0, 0.1) is 0 Å². The summed E-state index contributed by atoms with van der Waals surface area (Å²) < 4.78 is 6.30. The zero-order valence-electron chi connectivity index (χ0n) is 12.5. The monoisotopic (exact) mass is 342 g/mol. The predicted octanol–water partition coefficient (Wildman–Crippen LogP) is -0.306. The summed E-state index contributed by atoms with van der Waals surface area (Å²) in [6, 6.07) is 3.52. The van der Waals surface area contributed by atoms with Gasteiger partial charge < -0.3 is 20.4 Å². The Morgan fingerprint density at radius 1 is 1.35 bits per heavy atom. The van der Waals surface area contributed by atoms with E-state index in [-0.39, 0.29) is 25.1 Å². The van der Waals surface area contributed by atoms with Gasteiger partial charge >= 0.3 is 7.32 Å². The molecule has 0 saturated heterocycles. The van der Waals surface area contributed by atoms with Gasteiger partial charge in [-0.3, -0.25) is 4.98 Å². The second kappa shape index (κ2) is 10.2. The Balaban J connectivity index is 0.00000264. The van der Waals surface area contributed by atoms with Crippen molar-refractivity contribution >= 4 is 19.7 Å². The third-order valence-electron chi connectivity index (χ3n) is 3.12. The van der Waals surface area contributed by atoms with Gasteiger partial charge in [0.05, 0.1) is 12.6 Å². The number of tetrazole rings is 1. The van der Waals surface area contributed by atoms with Gasteiger partial charge in [-0.15, -0.1) is 17.5 Å². The van der Waals surface area contributed by atoms with Crippen LogP contribution in [0.15, 0.2) is 24.5 Å².